The van der Waals surface area contributed by atoms with Crippen molar-refractivity contribution in [3.8, 4) is 0 Å². The first kappa shape index (κ1) is 11.7. The van der Waals surface area contributed by atoms with E-state index in [2.05, 4.69) is 0 Å². The van der Waals surface area contributed by atoms with Crippen LogP contribution in [0.5, 0.6) is 0 Å². The van der Waals surface area contributed by atoms with Crippen LogP contribution in [0.1, 0.15) is 40.0 Å². The third kappa shape index (κ3) is 2.17. The SMILES string of the molecule is CC(C)(C)OC(=O)N1C[C@@H]2CCC[C@]2(N)C1. The van der Waals surface area contributed by atoms with Gasteiger partial charge in [-0.2, -0.15) is 0 Å². The first-order chi connectivity index (χ1) is 7.30. The van der Waals surface area contributed by atoms with Gasteiger partial charge in [0.05, 0.1) is 0 Å². The molecule has 1 aliphatic carbocycles. The molecular weight excluding hydrogens is 204 g/mol. The van der Waals surface area contributed by atoms with Gasteiger partial charge in [-0.05, 0) is 39.5 Å². The average molecular weight is 226 g/mol. The molecular formula is C12H22N2O2. The Hall–Kier alpha value is -0.770. The predicted molar refractivity (Wildman–Crippen MR) is 62.1 cm³/mol. The Morgan fingerprint density at radius 1 is 1.50 bits per heavy atom. The maximum atomic E-state index is 11.9. The van der Waals surface area contributed by atoms with Crippen molar-refractivity contribution in [1.82, 2.24) is 4.90 Å². The highest BCUT2D eigenvalue weighted by atomic mass is 16.6. The molecule has 92 valence electrons. The maximum Gasteiger partial charge on any atom is 0.410 e. The van der Waals surface area contributed by atoms with Crippen molar-refractivity contribution >= 4 is 6.09 Å². The van der Waals surface area contributed by atoms with E-state index in [1.165, 1.54) is 6.42 Å². The molecule has 0 aromatic carbocycles. The number of rotatable bonds is 0. The normalized spacial score (nSPS) is 34.0. The molecule has 1 saturated carbocycles. The molecule has 1 heterocycles. The van der Waals surface area contributed by atoms with E-state index in [1.807, 2.05) is 20.8 Å². The molecule has 1 amide bonds. The quantitative estimate of drug-likeness (QED) is 0.684. The van der Waals surface area contributed by atoms with Crippen molar-refractivity contribution in [2.75, 3.05) is 13.1 Å². The van der Waals surface area contributed by atoms with Crippen LogP contribution in [0.4, 0.5) is 4.79 Å². The smallest absolute Gasteiger partial charge is 0.410 e. The summed E-state index contributed by atoms with van der Waals surface area (Å²) < 4.78 is 5.36. The number of nitrogens with two attached hydrogens (primary N) is 1. The first-order valence-corrected chi connectivity index (χ1v) is 6.07. The van der Waals surface area contributed by atoms with Crippen LogP contribution >= 0.6 is 0 Å². The monoisotopic (exact) mass is 226 g/mol. The molecule has 2 fully saturated rings. The zero-order valence-corrected chi connectivity index (χ0v) is 10.5. The lowest BCUT2D eigenvalue weighted by atomic mass is 9.92. The summed E-state index contributed by atoms with van der Waals surface area (Å²) in [7, 11) is 0. The van der Waals surface area contributed by atoms with E-state index in [1.54, 1.807) is 4.90 Å². The minimum atomic E-state index is -0.420. The summed E-state index contributed by atoms with van der Waals surface area (Å²) in [6.07, 6.45) is 3.17. The molecule has 0 radical (unpaired) electrons. The Kier molecular flexibility index (Phi) is 2.65. The van der Waals surface area contributed by atoms with Crippen LogP contribution in [-0.4, -0.2) is 35.2 Å². The van der Waals surface area contributed by atoms with Crippen LogP contribution in [-0.2, 0) is 4.74 Å². The van der Waals surface area contributed by atoms with Crippen molar-refractivity contribution < 1.29 is 9.53 Å². The number of carbonyl (C=O) groups is 1. The molecule has 0 aromatic rings. The Labute approximate surface area is 97.1 Å². The van der Waals surface area contributed by atoms with Gasteiger partial charge in [-0.1, -0.05) is 6.42 Å². The van der Waals surface area contributed by atoms with Crippen LogP contribution in [0.15, 0.2) is 0 Å². The minimum Gasteiger partial charge on any atom is -0.444 e. The number of nitrogens with zero attached hydrogens (tertiary/aromatic N) is 1. The maximum absolute atomic E-state index is 11.9. The minimum absolute atomic E-state index is 0.142. The Balaban J connectivity index is 1.97. The average Bonchev–Trinajstić information content (AvgIpc) is 2.55. The number of amides is 1. The molecule has 2 N–H and O–H groups in total. The molecule has 4 heteroatoms. The van der Waals surface area contributed by atoms with Crippen LogP contribution in [0.3, 0.4) is 0 Å². The highest BCUT2D eigenvalue weighted by Crippen LogP contribution is 2.39. The molecule has 16 heavy (non-hydrogen) atoms. The zero-order chi connectivity index (χ0) is 12.0. The molecule has 1 saturated heterocycles. The van der Waals surface area contributed by atoms with Gasteiger partial charge in [0, 0.05) is 18.6 Å². The Morgan fingerprint density at radius 3 is 2.75 bits per heavy atom. The number of carbonyl (C=O) groups excluding carboxylic acids is 1. The van der Waals surface area contributed by atoms with Gasteiger partial charge in [0.15, 0.2) is 0 Å². The standard InChI is InChI=1S/C12H22N2O2/c1-11(2,3)16-10(15)14-7-9-5-4-6-12(9,13)8-14/h9H,4-8,13H2,1-3H3/t9-,12-/m0/s1. The van der Waals surface area contributed by atoms with Gasteiger partial charge in [0.25, 0.3) is 0 Å². The fourth-order valence-corrected chi connectivity index (χ4v) is 2.80. The molecule has 0 spiro atoms. The molecule has 2 aliphatic rings. The molecule has 0 aromatic heterocycles. The molecule has 0 bridgehead atoms. The van der Waals surface area contributed by atoms with Crippen LogP contribution in [0.2, 0.25) is 0 Å². The van der Waals surface area contributed by atoms with Gasteiger partial charge < -0.3 is 15.4 Å². The molecule has 1 aliphatic heterocycles. The van der Waals surface area contributed by atoms with Gasteiger partial charge in [-0.15, -0.1) is 0 Å². The van der Waals surface area contributed by atoms with E-state index < -0.39 is 5.60 Å². The summed E-state index contributed by atoms with van der Waals surface area (Å²) in [6.45, 7) is 7.10. The van der Waals surface area contributed by atoms with E-state index in [9.17, 15) is 4.79 Å². The summed E-state index contributed by atoms with van der Waals surface area (Å²) in [5.41, 5.74) is 5.74. The van der Waals surface area contributed by atoms with Gasteiger partial charge in [0.2, 0.25) is 0 Å². The summed E-state index contributed by atoms with van der Waals surface area (Å²) >= 11 is 0. The van der Waals surface area contributed by atoms with Gasteiger partial charge in [-0.3, -0.25) is 0 Å². The topological polar surface area (TPSA) is 55.6 Å². The molecule has 4 nitrogen and oxygen atoms in total. The van der Waals surface area contributed by atoms with Gasteiger partial charge in [-0.25, -0.2) is 4.79 Å². The van der Waals surface area contributed by atoms with Gasteiger partial charge >= 0.3 is 6.09 Å². The number of hydrogen-bond donors (Lipinski definition) is 1. The van der Waals surface area contributed by atoms with Crippen molar-refractivity contribution in [2.45, 2.75) is 51.2 Å². The largest absolute Gasteiger partial charge is 0.444 e. The lowest BCUT2D eigenvalue weighted by Crippen LogP contribution is -2.45. The summed E-state index contributed by atoms with van der Waals surface area (Å²) in [5.74, 6) is 0.472. The second kappa shape index (κ2) is 3.62. The van der Waals surface area contributed by atoms with Crippen LogP contribution in [0.25, 0.3) is 0 Å². The van der Waals surface area contributed by atoms with Crippen molar-refractivity contribution in [3.05, 3.63) is 0 Å². The van der Waals surface area contributed by atoms with Crippen molar-refractivity contribution in [3.63, 3.8) is 0 Å². The second-order valence-corrected chi connectivity index (χ2v) is 6.18. The second-order valence-electron chi connectivity index (χ2n) is 6.18. The van der Waals surface area contributed by atoms with Crippen molar-refractivity contribution in [2.24, 2.45) is 11.7 Å². The van der Waals surface area contributed by atoms with Crippen molar-refractivity contribution in [1.29, 1.82) is 0 Å². The van der Waals surface area contributed by atoms with Crippen LogP contribution < -0.4 is 5.73 Å². The third-order valence-electron chi connectivity index (χ3n) is 3.59. The number of ether oxygens (including phenoxy) is 1. The Morgan fingerprint density at radius 2 is 2.19 bits per heavy atom. The lowest BCUT2D eigenvalue weighted by Gasteiger charge is -2.26. The van der Waals surface area contributed by atoms with E-state index >= 15 is 0 Å². The number of hydrogen-bond acceptors (Lipinski definition) is 3. The fraction of sp³-hybridized carbons (Fsp3) is 0.917. The zero-order valence-electron chi connectivity index (χ0n) is 10.5. The number of likely N-dealkylation sites (tertiary alicyclic amines) is 1. The molecule has 2 atom stereocenters. The third-order valence-corrected chi connectivity index (χ3v) is 3.59. The molecule has 0 unspecified atom stereocenters. The highest BCUT2D eigenvalue weighted by Gasteiger charge is 2.48. The fourth-order valence-electron chi connectivity index (χ4n) is 2.80. The van der Waals surface area contributed by atoms with E-state index in [-0.39, 0.29) is 11.6 Å². The van der Waals surface area contributed by atoms with E-state index in [0.29, 0.717) is 12.5 Å². The summed E-state index contributed by atoms with van der Waals surface area (Å²) in [5, 5.41) is 0. The Bertz CT molecular complexity index is 298. The molecule has 2 rings (SSSR count). The van der Waals surface area contributed by atoms with E-state index in [4.69, 9.17) is 10.5 Å². The number of fused-ring (bicyclic) bond motifs is 1. The van der Waals surface area contributed by atoms with Crippen LogP contribution in [0, 0.1) is 5.92 Å². The lowest BCUT2D eigenvalue weighted by molar-refractivity contribution is 0.0277. The van der Waals surface area contributed by atoms with E-state index in [0.717, 1.165) is 19.4 Å². The first-order valence-electron chi connectivity index (χ1n) is 6.07. The predicted octanol–water partition coefficient (Wildman–Crippen LogP) is 1.73. The highest BCUT2D eigenvalue weighted by molar-refractivity contribution is 5.69. The van der Waals surface area contributed by atoms with Gasteiger partial charge in [0.1, 0.15) is 5.60 Å². The summed E-state index contributed by atoms with van der Waals surface area (Å²) in [4.78, 5) is 13.7. The summed E-state index contributed by atoms with van der Waals surface area (Å²) in [6, 6.07) is 0.